The standard InChI is InChI=1S/C19H20ClN5O2.C3H8/c1-27-18-9-15-12(11-25(24-15)14-5-3-2-4-6-14)7-16(18)22-19(26)17-8-13(20)10-21-23-17;1-3-2/h7-11,14H,2-6H2,1H3,(H,22,26);3H2,1-2H3. The van der Waals surface area contributed by atoms with Crippen LogP contribution >= 0.6 is 11.6 Å². The van der Waals surface area contributed by atoms with Gasteiger partial charge in [0, 0.05) is 17.6 Å². The molecule has 4 rings (SSSR count). The second kappa shape index (κ2) is 10.4. The number of carbonyl (C=O) groups excluding carboxylic acids is 1. The third-order valence-electron chi connectivity index (χ3n) is 4.89. The number of rotatable bonds is 4. The highest BCUT2D eigenvalue weighted by Gasteiger charge is 2.18. The van der Waals surface area contributed by atoms with Crippen molar-refractivity contribution in [2.24, 2.45) is 0 Å². The zero-order valence-electron chi connectivity index (χ0n) is 17.7. The summed E-state index contributed by atoms with van der Waals surface area (Å²) in [6.07, 6.45) is 10.8. The number of nitrogens with one attached hydrogen (secondary N) is 1. The molecule has 0 atom stereocenters. The Kier molecular flexibility index (Phi) is 7.63. The van der Waals surface area contributed by atoms with Crippen LogP contribution in [0, 0.1) is 0 Å². The highest BCUT2D eigenvalue weighted by atomic mass is 35.5. The van der Waals surface area contributed by atoms with E-state index in [1.165, 1.54) is 37.9 Å². The number of halogens is 1. The second-order valence-electron chi connectivity index (χ2n) is 7.43. The highest BCUT2D eigenvalue weighted by molar-refractivity contribution is 6.30. The number of nitrogens with zero attached hydrogens (tertiary/aromatic N) is 4. The minimum atomic E-state index is -0.401. The van der Waals surface area contributed by atoms with Crippen molar-refractivity contribution in [3.63, 3.8) is 0 Å². The summed E-state index contributed by atoms with van der Waals surface area (Å²) in [4.78, 5) is 12.5. The van der Waals surface area contributed by atoms with Crippen LogP contribution in [0.3, 0.4) is 0 Å². The molecule has 3 aromatic rings. The highest BCUT2D eigenvalue weighted by Crippen LogP contribution is 2.33. The van der Waals surface area contributed by atoms with E-state index < -0.39 is 5.91 Å². The van der Waals surface area contributed by atoms with Gasteiger partial charge in [-0.1, -0.05) is 51.1 Å². The van der Waals surface area contributed by atoms with Crippen LogP contribution in [-0.4, -0.2) is 33.0 Å². The van der Waals surface area contributed by atoms with Gasteiger partial charge < -0.3 is 10.1 Å². The van der Waals surface area contributed by atoms with Gasteiger partial charge in [-0.3, -0.25) is 9.48 Å². The third kappa shape index (κ3) is 5.27. The minimum Gasteiger partial charge on any atom is -0.494 e. The van der Waals surface area contributed by atoms with Gasteiger partial charge in [-0.25, -0.2) is 0 Å². The van der Waals surface area contributed by atoms with Crippen molar-refractivity contribution in [1.82, 2.24) is 20.0 Å². The summed E-state index contributed by atoms with van der Waals surface area (Å²) < 4.78 is 7.50. The number of anilines is 1. The maximum absolute atomic E-state index is 12.5. The van der Waals surface area contributed by atoms with Crippen LogP contribution in [0.5, 0.6) is 5.75 Å². The molecule has 1 amide bonds. The maximum Gasteiger partial charge on any atom is 0.276 e. The number of carbonyl (C=O) groups is 1. The van der Waals surface area contributed by atoms with Crippen LogP contribution < -0.4 is 10.1 Å². The predicted molar refractivity (Wildman–Crippen MR) is 119 cm³/mol. The molecule has 8 heteroatoms. The van der Waals surface area contributed by atoms with E-state index in [2.05, 4.69) is 34.0 Å². The summed E-state index contributed by atoms with van der Waals surface area (Å²) in [6.45, 7) is 4.25. The summed E-state index contributed by atoms with van der Waals surface area (Å²) in [5.74, 6) is 0.141. The van der Waals surface area contributed by atoms with Crippen LogP contribution in [0.25, 0.3) is 10.9 Å². The number of ether oxygens (including phenoxy) is 1. The van der Waals surface area contributed by atoms with Crippen LogP contribution in [-0.2, 0) is 0 Å². The maximum atomic E-state index is 12.5. The van der Waals surface area contributed by atoms with Gasteiger partial charge >= 0.3 is 0 Å². The summed E-state index contributed by atoms with van der Waals surface area (Å²) in [7, 11) is 1.56. The quantitative estimate of drug-likeness (QED) is 0.578. The molecule has 0 radical (unpaired) electrons. The zero-order valence-corrected chi connectivity index (χ0v) is 18.4. The lowest BCUT2D eigenvalue weighted by atomic mass is 9.96. The molecule has 1 aliphatic rings. The molecule has 30 heavy (non-hydrogen) atoms. The second-order valence-corrected chi connectivity index (χ2v) is 7.87. The van der Waals surface area contributed by atoms with E-state index in [1.807, 2.05) is 18.3 Å². The molecule has 2 aromatic heterocycles. The van der Waals surface area contributed by atoms with Crippen molar-refractivity contribution in [1.29, 1.82) is 0 Å². The SMILES string of the molecule is CCC.COc1cc2nn(C3CCCCC3)cc2cc1NC(=O)c1cc(Cl)cnn1. The minimum absolute atomic E-state index is 0.141. The number of hydrogen-bond donors (Lipinski definition) is 1. The molecule has 0 bridgehead atoms. The van der Waals surface area contributed by atoms with Gasteiger partial charge in [-0.2, -0.15) is 10.2 Å². The molecule has 1 aliphatic carbocycles. The summed E-state index contributed by atoms with van der Waals surface area (Å²) in [5, 5.41) is 16.4. The van der Waals surface area contributed by atoms with E-state index in [9.17, 15) is 4.79 Å². The summed E-state index contributed by atoms with van der Waals surface area (Å²) in [5.41, 5.74) is 1.54. The molecule has 0 spiro atoms. The van der Waals surface area contributed by atoms with Crippen molar-refractivity contribution in [3.05, 3.63) is 41.3 Å². The third-order valence-corrected chi connectivity index (χ3v) is 5.10. The monoisotopic (exact) mass is 429 g/mol. The molecular formula is C22H28ClN5O2. The van der Waals surface area contributed by atoms with E-state index in [0.29, 0.717) is 22.5 Å². The lowest BCUT2D eigenvalue weighted by Crippen LogP contribution is -2.14. The first-order valence-electron chi connectivity index (χ1n) is 10.4. The number of methoxy groups -OCH3 is 1. The van der Waals surface area contributed by atoms with Crippen molar-refractivity contribution >= 4 is 34.1 Å². The van der Waals surface area contributed by atoms with Gasteiger partial charge in [0.05, 0.1) is 35.6 Å². The van der Waals surface area contributed by atoms with Crippen LogP contribution in [0.1, 0.15) is 68.9 Å². The largest absolute Gasteiger partial charge is 0.494 e. The molecule has 7 nitrogen and oxygen atoms in total. The van der Waals surface area contributed by atoms with Crippen molar-refractivity contribution < 1.29 is 9.53 Å². The molecule has 1 saturated carbocycles. The molecule has 0 saturated heterocycles. The fourth-order valence-corrected chi connectivity index (χ4v) is 3.66. The van der Waals surface area contributed by atoms with E-state index in [1.54, 1.807) is 7.11 Å². The van der Waals surface area contributed by atoms with Gasteiger partial charge in [0.1, 0.15) is 5.75 Å². The first-order valence-corrected chi connectivity index (χ1v) is 10.8. The fraction of sp³-hybridized carbons (Fsp3) is 0.455. The van der Waals surface area contributed by atoms with E-state index in [4.69, 9.17) is 21.4 Å². The Morgan fingerprint density at radius 3 is 2.63 bits per heavy atom. The normalized spacial score (nSPS) is 14.1. The summed E-state index contributed by atoms with van der Waals surface area (Å²) in [6, 6.07) is 5.62. The van der Waals surface area contributed by atoms with Crippen LogP contribution in [0.15, 0.2) is 30.6 Å². The van der Waals surface area contributed by atoms with Gasteiger partial charge in [0.15, 0.2) is 5.69 Å². The first-order chi connectivity index (χ1) is 14.5. The van der Waals surface area contributed by atoms with Crippen molar-refractivity contribution in [2.75, 3.05) is 12.4 Å². The number of hydrogen-bond acceptors (Lipinski definition) is 5. The topological polar surface area (TPSA) is 81.9 Å². The molecule has 0 unspecified atom stereocenters. The number of amides is 1. The van der Waals surface area contributed by atoms with Crippen LogP contribution in [0.2, 0.25) is 5.02 Å². The van der Waals surface area contributed by atoms with Crippen LogP contribution in [0.4, 0.5) is 5.69 Å². The Labute approximate surface area is 181 Å². The average Bonchev–Trinajstić information content (AvgIpc) is 3.17. The van der Waals surface area contributed by atoms with Gasteiger partial charge in [0.2, 0.25) is 0 Å². The van der Waals surface area contributed by atoms with Crippen molar-refractivity contribution in [2.45, 2.75) is 58.4 Å². The molecule has 1 fully saturated rings. The molecule has 0 aliphatic heterocycles. The van der Waals surface area contributed by atoms with E-state index in [0.717, 1.165) is 23.7 Å². The lowest BCUT2D eigenvalue weighted by Gasteiger charge is -2.21. The van der Waals surface area contributed by atoms with Gasteiger partial charge in [0.25, 0.3) is 5.91 Å². The van der Waals surface area contributed by atoms with Crippen molar-refractivity contribution in [3.8, 4) is 5.75 Å². The smallest absolute Gasteiger partial charge is 0.276 e. The Hall–Kier alpha value is -2.67. The number of fused-ring (bicyclic) bond motifs is 1. The summed E-state index contributed by atoms with van der Waals surface area (Å²) >= 11 is 5.89. The number of benzene rings is 1. The van der Waals surface area contributed by atoms with E-state index >= 15 is 0 Å². The Morgan fingerprint density at radius 1 is 1.23 bits per heavy atom. The molecule has 1 N–H and O–H groups in total. The zero-order chi connectivity index (χ0) is 21.5. The van der Waals surface area contributed by atoms with Gasteiger partial charge in [-0.15, -0.1) is 5.10 Å². The Morgan fingerprint density at radius 2 is 1.97 bits per heavy atom. The first kappa shape index (κ1) is 22.0. The molecule has 160 valence electrons. The van der Waals surface area contributed by atoms with Gasteiger partial charge in [-0.05, 0) is 25.0 Å². The Balaban J connectivity index is 0.000000806. The molecular weight excluding hydrogens is 402 g/mol. The lowest BCUT2D eigenvalue weighted by molar-refractivity contribution is 0.102. The Bertz CT molecular complexity index is 998. The molecule has 1 aromatic carbocycles. The molecule has 2 heterocycles. The number of aromatic nitrogens is 4. The fourth-order valence-electron chi connectivity index (χ4n) is 3.51. The average molecular weight is 430 g/mol. The predicted octanol–water partition coefficient (Wildman–Crippen LogP) is 5.66. The van der Waals surface area contributed by atoms with E-state index in [-0.39, 0.29) is 5.69 Å².